The zero-order valence-electron chi connectivity index (χ0n) is 13.5. The largest absolute Gasteiger partial charge is 0.481 e. The minimum Gasteiger partial charge on any atom is -0.481 e. The fraction of sp³-hybridized carbons (Fsp3) is 0.786. The molecule has 122 valence electrons. The van der Waals surface area contributed by atoms with Gasteiger partial charge in [0.1, 0.15) is 6.54 Å². The van der Waals surface area contributed by atoms with Gasteiger partial charge in [0.25, 0.3) is 0 Å². The van der Waals surface area contributed by atoms with Gasteiger partial charge in [0, 0.05) is 18.6 Å². The number of esters is 1. The van der Waals surface area contributed by atoms with E-state index in [1.165, 1.54) is 9.80 Å². The number of hydrogen-bond acceptors (Lipinski definition) is 4. The van der Waals surface area contributed by atoms with Gasteiger partial charge in [-0.2, -0.15) is 0 Å². The lowest BCUT2D eigenvalue weighted by atomic mass is 10.1. The van der Waals surface area contributed by atoms with Gasteiger partial charge in [0.15, 0.2) is 0 Å². The number of carboxylic acids is 1. The number of carbonyl (C=O) groups excluding carboxylic acids is 2. The summed E-state index contributed by atoms with van der Waals surface area (Å²) in [6, 6.07) is -0.362. The number of amides is 2. The van der Waals surface area contributed by atoms with Crippen molar-refractivity contribution in [1.29, 1.82) is 0 Å². The fourth-order valence-corrected chi connectivity index (χ4v) is 1.77. The van der Waals surface area contributed by atoms with E-state index in [1.807, 2.05) is 20.8 Å². The lowest BCUT2D eigenvalue weighted by Crippen LogP contribution is -2.53. The summed E-state index contributed by atoms with van der Waals surface area (Å²) in [4.78, 5) is 37.6. The Morgan fingerprint density at radius 2 is 1.71 bits per heavy atom. The fourth-order valence-electron chi connectivity index (χ4n) is 1.77. The van der Waals surface area contributed by atoms with Gasteiger partial charge < -0.3 is 19.6 Å². The van der Waals surface area contributed by atoms with Crippen LogP contribution in [0.4, 0.5) is 4.79 Å². The van der Waals surface area contributed by atoms with E-state index in [9.17, 15) is 14.4 Å². The van der Waals surface area contributed by atoms with Crippen LogP contribution >= 0.6 is 0 Å². The lowest BCUT2D eigenvalue weighted by molar-refractivity contribution is -0.144. The summed E-state index contributed by atoms with van der Waals surface area (Å²) in [5.74, 6) is -1.44. The molecule has 1 N–H and O–H groups in total. The molecule has 0 atom stereocenters. The molecule has 21 heavy (non-hydrogen) atoms. The van der Waals surface area contributed by atoms with Crippen molar-refractivity contribution < 1.29 is 24.2 Å². The van der Waals surface area contributed by atoms with E-state index < -0.39 is 17.5 Å². The van der Waals surface area contributed by atoms with E-state index in [1.54, 1.807) is 13.8 Å². The van der Waals surface area contributed by atoms with Gasteiger partial charge in [-0.1, -0.05) is 0 Å². The maximum atomic E-state index is 12.5. The predicted molar refractivity (Wildman–Crippen MR) is 78.0 cm³/mol. The molecule has 0 aromatic heterocycles. The standard InChI is InChI=1S/C14H26N2O5/c1-6-15(10-12(19)21-7-2)13(20)16(14(3,4)5)9-8-11(17)18/h6-10H2,1-5H3,(H,17,18). The molecule has 0 heterocycles. The SMILES string of the molecule is CCOC(=O)CN(CC)C(=O)N(CCC(=O)O)C(C)(C)C. The van der Waals surface area contributed by atoms with Gasteiger partial charge in [-0.25, -0.2) is 4.79 Å². The first-order valence-corrected chi connectivity index (χ1v) is 7.07. The topological polar surface area (TPSA) is 87.2 Å². The number of hydrogen-bond donors (Lipinski definition) is 1. The lowest BCUT2D eigenvalue weighted by Gasteiger charge is -2.38. The van der Waals surface area contributed by atoms with Gasteiger partial charge in [-0.05, 0) is 34.6 Å². The molecule has 0 radical (unpaired) electrons. The van der Waals surface area contributed by atoms with Crippen LogP contribution in [0, 0.1) is 0 Å². The Hall–Kier alpha value is -1.79. The van der Waals surface area contributed by atoms with Gasteiger partial charge in [0.2, 0.25) is 0 Å². The predicted octanol–water partition coefficient (Wildman–Crippen LogP) is 1.57. The average Bonchev–Trinajstić information content (AvgIpc) is 2.34. The number of urea groups is 1. The normalized spacial score (nSPS) is 10.9. The Morgan fingerprint density at radius 3 is 2.10 bits per heavy atom. The van der Waals surface area contributed by atoms with Crippen LogP contribution < -0.4 is 0 Å². The molecule has 0 saturated heterocycles. The molecule has 7 heteroatoms. The van der Waals surface area contributed by atoms with E-state index in [0.29, 0.717) is 6.54 Å². The molecular formula is C14H26N2O5. The number of likely N-dealkylation sites (N-methyl/N-ethyl adjacent to an activating group) is 1. The minimum absolute atomic E-state index is 0.0942. The molecule has 7 nitrogen and oxygen atoms in total. The molecule has 0 rings (SSSR count). The second-order valence-corrected chi connectivity index (χ2v) is 5.57. The van der Waals surface area contributed by atoms with Crippen LogP contribution in [0.2, 0.25) is 0 Å². The molecule has 2 amide bonds. The zero-order chi connectivity index (χ0) is 16.6. The van der Waals surface area contributed by atoms with Crippen LogP contribution in [0.25, 0.3) is 0 Å². The molecule has 0 aromatic carbocycles. The van der Waals surface area contributed by atoms with Crippen molar-refractivity contribution in [2.24, 2.45) is 0 Å². The van der Waals surface area contributed by atoms with Crippen LogP contribution in [0.15, 0.2) is 0 Å². The quantitative estimate of drug-likeness (QED) is 0.721. The summed E-state index contributed by atoms with van der Waals surface area (Å²) < 4.78 is 4.84. The molecule has 0 fully saturated rings. The third kappa shape index (κ3) is 6.97. The van der Waals surface area contributed by atoms with Crippen molar-refractivity contribution in [1.82, 2.24) is 9.80 Å². The van der Waals surface area contributed by atoms with Crippen LogP contribution in [-0.4, -0.2) is 64.7 Å². The molecule has 0 aliphatic carbocycles. The van der Waals surface area contributed by atoms with E-state index >= 15 is 0 Å². The Morgan fingerprint density at radius 1 is 1.14 bits per heavy atom. The molecule has 0 aromatic rings. The Labute approximate surface area is 125 Å². The van der Waals surface area contributed by atoms with E-state index in [4.69, 9.17) is 9.84 Å². The third-order valence-corrected chi connectivity index (χ3v) is 2.87. The molecule has 0 aliphatic rings. The van der Waals surface area contributed by atoms with Crippen molar-refractivity contribution in [2.75, 3.05) is 26.2 Å². The molecule has 0 saturated carbocycles. The highest BCUT2D eigenvalue weighted by Gasteiger charge is 2.30. The molecule has 0 bridgehead atoms. The number of carboxylic acid groups (broad SMARTS) is 1. The first-order valence-electron chi connectivity index (χ1n) is 7.07. The summed E-state index contributed by atoms with van der Waals surface area (Å²) in [5.41, 5.74) is -0.533. The number of carbonyl (C=O) groups is 3. The summed E-state index contributed by atoms with van der Waals surface area (Å²) >= 11 is 0. The van der Waals surface area contributed by atoms with Crippen molar-refractivity contribution in [2.45, 2.75) is 46.6 Å². The second-order valence-electron chi connectivity index (χ2n) is 5.57. The number of nitrogens with zero attached hydrogens (tertiary/aromatic N) is 2. The maximum absolute atomic E-state index is 12.5. The molecule has 0 spiro atoms. The highest BCUT2D eigenvalue weighted by Crippen LogP contribution is 2.16. The maximum Gasteiger partial charge on any atom is 0.325 e. The number of rotatable bonds is 7. The van der Waals surface area contributed by atoms with Crippen molar-refractivity contribution in [3.63, 3.8) is 0 Å². The average molecular weight is 302 g/mol. The number of aliphatic carboxylic acids is 1. The Kier molecular flexibility index (Phi) is 7.76. The smallest absolute Gasteiger partial charge is 0.325 e. The van der Waals surface area contributed by atoms with Crippen LogP contribution in [0.1, 0.15) is 41.0 Å². The van der Waals surface area contributed by atoms with Gasteiger partial charge >= 0.3 is 18.0 Å². The summed E-state index contributed by atoms with van der Waals surface area (Å²) in [5, 5.41) is 8.80. The number of ether oxygens (including phenoxy) is 1. The van der Waals surface area contributed by atoms with Gasteiger partial charge in [-0.15, -0.1) is 0 Å². The van der Waals surface area contributed by atoms with Gasteiger partial charge in [-0.3, -0.25) is 9.59 Å². The van der Waals surface area contributed by atoms with Crippen LogP contribution in [-0.2, 0) is 14.3 Å². The highest BCUT2D eigenvalue weighted by molar-refractivity contribution is 5.81. The molecular weight excluding hydrogens is 276 g/mol. The summed E-state index contributed by atoms with van der Waals surface area (Å²) in [7, 11) is 0. The molecule has 0 aliphatic heterocycles. The second kappa shape index (κ2) is 8.49. The zero-order valence-corrected chi connectivity index (χ0v) is 13.5. The first-order chi connectivity index (χ1) is 9.63. The van der Waals surface area contributed by atoms with Crippen molar-refractivity contribution in [3.8, 4) is 0 Å². The summed E-state index contributed by atoms with van der Waals surface area (Å²) in [6.45, 7) is 9.49. The monoisotopic (exact) mass is 302 g/mol. The summed E-state index contributed by atoms with van der Waals surface area (Å²) in [6.07, 6.45) is -0.139. The van der Waals surface area contributed by atoms with Crippen LogP contribution in [0.3, 0.4) is 0 Å². The van der Waals surface area contributed by atoms with Crippen LogP contribution in [0.5, 0.6) is 0 Å². The van der Waals surface area contributed by atoms with Gasteiger partial charge in [0.05, 0.1) is 13.0 Å². The van der Waals surface area contributed by atoms with Crippen molar-refractivity contribution >= 4 is 18.0 Å². The Bertz CT molecular complexity index is 376. The first kappa shape index (κ1) is 19.2. The Balaban J connectivity index is 4.96. The van der Waals surface area contributed by atoms with E-state index in [-0.39, 0.29) is 32.1 Å². The third-order valence-electron chi connectivity index (χ3n) is 2.87. The minimum atomic E-state index is -0.967. The van der Waals surface area contributed by atoms with Crippen molar-refractivity contribution in [3.05, 3.63) is 0 Å². The highest BCUT2D eigenvalue weighted by atomic mass is 16.5. The molecule has 0 unspecified atom stereocenters. The van der Waals surface area contributed by atoms with E-state index in [2.05, 4.69) is 0 Å². The van der Waals surface area contributed by atoms with E-state index in [0.717, 1.165) is 0 Å².